The molecule has 5 nitrogen and oxygen atoms in total. The van der Waals surface area contributed by atoms with E-state index in [0.717, 1.165) is 38.2 Å². The first-order chi connectivity index (χ1) is 14.1. The van der Waals surface area contributed by atoms with Crippen molar-refractivity contribution < 1.29 is 9.53 Å². The Balaban J connectivity index is 1.44. The number of nitrogens with zero attached hydrogens (tertiary/aromatic N) is 1. The minimum absolute atomic E-state index is 0.0288. The summed E-state index contributed by atoms with van der Waals surface area (Å²) in [6, 6.07) is 15.7. The molecule has 2 atom stereocenters. The largest absolute Gasteiger partial charge is 0.493 e. The van der Waals surface area contributed by atoms with Crippen LogP contribution >= 0.6 is 23.1 Å². The Morgan fingerprint density at radius 3 is 2.83 bits per heavy atom. The highest BCUT2D eigenvalue weighted by atomic mass is 32.2. The van der Waals surface area contributed by atoms with E-state index in [9.17, 15) is 9.59 Å². The molecule has 1 amide bonds. The highest BCUT2D eigenvalue weighted by molar-refractivity contribution is 7.99. The number of nitrogens with one attached hydrogen (secondary N) is 1. The number of anilines is 1. The molecule has 0 saturated carbocycles. The van der Waals surface area contributed by atoms with Gasteiger partial charge in [-0.15, -0.1) is 11.8 Å². The van der Waals surface area contributed by atoms with E-state index in [1.807, 2.05) is 49.4 Å². The van der Waals surface area contributed by atoms with Crippen LogP contribution in [0.4, 0.5) is 5.69 Å². The van der Waals surface area contributed by atoms with Crippen molar-refractivity contribution in [1.29, 1.82) is 0 Å². The maximum atomic E-state index is 12.8. The predicted octanol–water partition coefficient (Wildman–Crippen LogP) is 4.10. The molecular weight excluding hydrogens is 404 g/mol. The SMILES string of the molecule is Cc1ccc(NC(=O)Cn2c3c(sc2=O)[C@@H]2c4ccccc4OC[C@H]2CS3)cc1. The monoisotopic (exact) mass is 424 g/mol. The minimum Gasteiger partial charge on any atom is -0.493 e. The fourth-order valence-electron chi connectivity index (χ4n) is 3.97. The van der Waals surface area contributed by atoms with Gasteiger partial charge in [-0.3, -0.25) is 14.2 Å². The highest BCUT2D eigenvalue weighted by Gasteiger charge is 2.39. The van der Waals surface area contributed by atoms with Gasteiger partial charge in [0.1, 0.15) is 12.3 Å². The van der Waals surface area contributed by atoms with Gasteiger partial charge in [-0.2, -0.15) is 0 Å². The molecule has 5 rings (SSSR count). The predicted molar refractivity (Wildman–Crippen MR) is 116 cm³/mol. The zero-order valence-corrected chi connectivity index (χ0v) is 17.5. The molecule has 2 aliphatic rings. The molecule has 3 heterocycles. The Kier molecular flexibility index (Phi) is 4.72. The van der Waals surface area contributed by atoms with Crippen LogP contribution in [0, 0.1) is 12.8 Å². The fourth-order valence-corrected chi connectivity index (χ4v) is 6.66. The van der Waals surface area contributed by atoms with Gasteiger partial charge in [0.25, 0.3) is 0 Å². The van der Waals surface area contributed by atoms with Crippen molar-refractivity contribution in [3.63, 3.8) is 0 Å². The third kappa shape index (κ3) is 3.38. The third-order valence-electron chi connectivity index (χ3n) is 5.41. The number of carbonyl (C=O) groups excluding carboxylic acids is 1. The second kappa shape index (κ2) is 7.39. The van der Waals surface area contributed by atoms with E-state index in [1.165, 1.54) is 11.3 Å². The Labute approximate surface area is 176 Å². The molecule has 148 valence electrons. The molecule has 0 saturated heterocycles. The molecule has 0 fully saturated rings. The Morgan fingerprint density at radius 2 is 2.00 bits per heavy atom. The number of hydrogen-bond donors (Lipinski definition) is 1. The first kappa shape index (κ1) is 18.5. The number of aryl methyl sites for hydroxylation is 1. The van der Waals surface area contributed by atoms with E-state index in [1.54, 1.807) is 16.3 Å². The standard InChI is InChI=1S/C22H20N2O3S2/c1-13-6-8-15(9-7-13)23-18(25)10-24-21-20(29-22(24)26)19-14(12-28-21)11-27-17-5-3-2-4-16(17)19/h2-9,14,19H,10-12H2,1H3,(H,23,25)/t14-,19-/m0/s1. The first-order valence-corrected chi connectivity index (χ1v) is 11.3. The number of ether oxygens (including phenoxy) is 1. The number of amides is 1. The molecule has 1 aromatic heterocycles. The summed E-state index contributed by atoms with van der Waals surface area (Å²) in [6.45, 7) is 2.69. The van der Waals surface area contributed by atoms with E-state index in [2.05, 4.69) is 11.4 Å². The lowest BCUT2D eigenvalue weighted by molar-refractivity contribution is -0.116. The fraction of sp³-hybridized carbons (Fsp3) is 0.273. The van der Waals surface area contributed by atoms with E-state index in [0.29, 0.717) is 12.5 Å². The summed E-state index contributed by atoms with van der Waals surface area (Å²) in [5.41, 5.74) is 3.01. The van der Waals surface area contributed by atoms with Crippen molar-refractivity contribution in [3.8, 4) is 5.75 Å². The van der Waals surface area contributed by atoms with E-state index in [4.69, 9.17) is 4.74 Å². The molecular formula is C22H20N2O3S2. The van der Waals surface area contributed by atoms with Crippen LogP contribution in [0.25, 0.3) is 0 Å². The number of fused-ring (bicyclic) bond motifs is 5. The Morgan fingerprint density at radius 1 is 1.21 bits per heavy atom. The van der Waals surface area contributed by atoms with Crippen LogP contribution in [-0.4, -0.2) is 22.8 Å². The maximum Gasteiger partial charge on any atom is 0.308 e. The molecule has 0 radical (unpaired) electrons. The molecule has 0 spiro atoms. The Bertz CT molecular complexity index is 1130. The minimum atomic E-state index is -0.188. The molecule has 0 aliphatic carbocycles. The van der Waals surface area contributed by atoms with Gasteiger partial charge in [-0.1, -0.05) is 47.2 Å². The second-order valence-corrected chi connectivity index (χ2v) is 9.44. The van der Waals surface area contributed by atoms with Crippen LogP contribution < -0.4 is 14.9 Å². The van der Waals surface area contributed by atoms with Gasteiger partial charge in [-0.05, 0) is 25.1 Å². The topological polar surface area (TPSA) is 60.3 Å². The molecule has 2 aliphatic heterocycles. The molecule has 0 bridgehead atoms. The smallest absolute Gasteiger partial charge is 0.308 e. The van der Waals surface area contributed by atoms with E-state index in [-0.39, 0.29) is 23.2 Å². The third-order valence-corrected chi connectivity index (χ3v) is 7.91. The molecule has 7 heteroatoms. The average Bonchev–Trinajstić information content (AvgIpc) is 3.04. The van der Waals surface area contributed by atoms with Gasteiger partial charge in [0.05, 0.1) is 11.6 Å². The first-order valence-electron chi connectivity index (χ1n) is 9.54. The number of para-hydroxylation sites is 1. The maximum absolute atomic E-state index is 12.8. The van der Waals surface area contributed by atoms with Gasteiger partial charge in [-0.25, -0.2) is 0 Å². The molecule has 0 unspecified atom stereocenters. The number of thioether (sulfide) groups is 1. The van der Waals surface area contributed by atoms with Crippen molar-refractivity contribution in [2.75, 3.05) is 17.7 Å². The number of rotatable bonds is 3. The summed E-state index contributed by atoms with van der Waals surface area (Å²) in [5.74, 6) is 2.09. The zero-order chi connectivity index (χ0) is 20.0. The van der Waals surface area contributed by atoms with Crippen molar-refractivity contribution in [2.45, 2.75) is 24.4 Å². The van der Waals surface area contributed by atoms with Crippen LogP contribution in [0.2, 0.25) is 0 Å². The van der Waals surface area contributed by atoms with Gasteiger partial charge >= 0.3 is 4.87 Å². The van der Waals surface area contributed by atoms with Crippen molar-refractivity contribution in [2.24, 2.45) is 5.92 Å². The van der Waals surface area contributed by atoms with Gasteiger partial charge < -0.3 is 10.1 Å². The van der Waals surface area contributed by atoms with Crippen molar-refractivity contribution >= 4 is 34.7 Å². The van der Waals surface area contributed by atoms with Crippen LogP contribution in [0.1, 0.15) is 21.9 Å². The van der Waals surface area contributed by atoms with Crippen molar-refractivity contribution in [1.82, 2.24) is 4.57 Å². The number of carbonyl (C=O) groups is 1. The Hall–Kier alpha value is -2.51. The molecule has 2 aromatic carbocycles. The zero-order valence-electron chi connectivity index (χ0n) is 15.9. The summed E-state index contributed by atoms with van der Waals surface area (Å²) in [5, 5.41) is 3.82. The molecule has 3 aromatic rings. The number of hydrogen-bond acceptors (Lipinski definition) is 5. The molecule has 29 heavy (non-hydrogen) atoms. The summed E-state index contributed by atoms with van der Waals surface area (Å²) in [7, 11) is 0. The van der Waals surface area contributed by atoms with Gasteiger partial charge in [0, 0.05) is 33.7 Å². The lowest BCUT2D eigenvalue weighted by Gasteiger charge is -2.36. The lowest BCUT2D eigenvalue weighted by atomic mass is 9.84. The van der Waals surface area contributed by atoms with Crippen molar-refractivity contribution in [3.05, 3.63) is 74.2 Å². The molecule has 1 N–H and O–H groups in total. The lowest BCUT2D eigenvalue weighted by Crippen LogP contribution is -2.31. The van der Waals surface area contributed by atoms with Crippen LogP contribution in [-0.2, 0) is 11.3 Å². The summed E-state index contributed by atoms with van der Waals surface area (Å²) >= 11 is 2.93. The normalized spacial score (nSPS) is 19.5. The second-order valence-electron chi connectivity index (χ2n) is 7.44. The van der Waals surface area contributed by atoms with Crippen LogP contribution in [0.5, 0.6) is 5.75 Å². The average molecular weight is 425 g/mol. The number of thiazole rings is 1. The van der Waals surface area contributed by atoms with E-state index < -0.39 is 0 Å². The highest BCUT2D eigenvalue weighted by Crippen LogP contribution is 2.50. The quantitative estimate of drug-likeness (QED) is 0.688. The van der Waals surface area contributed by atoms with Gasteiger partial charge in [0.2, 0.25) is 5.91 Å². The van der Waals surface area contributed by atoms with E-state index >= 15 is 0 Å². The van der Waals surface area contributed by atoms with Gasteiger partial charge in [0.15, 0.2) is 0 Å². The summed E-state index contributed by atoms with van der Waals surface area (Å²) in [4.78, 5) is 26.4. The van der Waals surface area contributed by atoms with Crippen LogP contribution in [0.15, 0.2) is 58.4 Å². The summed E-state index contributed by atoms with van der Waals surface area (Å²) in [6.07, 6.45) is 0. The number of benzene rings is 2. The van der Waals surface area contributed by atoms with Crippen LogP contribution in [0.3, 0.4) is 0 Å². The summed E-state index contributed by atoms with van der Waals surface area (Å²) < 4.78 is 7.55. The number of aromatic nitrogens is 1.